The fourth-order valence-corrected chi connectivity index (χ4v) is 3.91. The summed E-state index contributed by atoms with van der Waals surface area (Å²) in [6.07, 6.45) is 3.57. The van der Waals surface area contributed by atoms with Crippen molar-refractivity contribution in [1.29, 1.82) is 0 Å². The number of nitrogens with zero attached hydrogens (tertiary/aromatic N) is 1. The standard InChI is InChI=1S/C20H25NO2/c1-11-12(2)14(4)18(15(5)13(11)3)10-21-19(22)16-8-6-7-9-17(16)20(21)23/h6-10H2,1-5H3. The Hall–Kier alpha value is -1.90. The van der Waals surface area contributed by atoms with Crippen LogP contribution in [0.25, 0.3) is 0 Å². The maximum absolute atomic E-state index is 12.7. The maximum Gasteiger partial charge on any atom is 0.257 e. The van der Waals surface area contributed by atoms with Crippen molar-refractivity contribution in [2.45, 2.75) is 66.8 Å². The Balaban J connectivity index is 1.98. The summed E-state index contributed by atoms with van der Waals surface area (Å²) in [6, 6.07) is 0. The molecule has 0 atom stereocenters. The first-order chi connectivity index (χ1) is 10.8. The largest absolute Gasteiger partial charge is 0.270 e. The first-order valence-corrected chi connectivity index (χ1v) is 8.48. The first-order valence-electron chi connectivity index (χ1n) is 8.48. The van der Waals surface area contributed by atoms with Crippen molar-refractivity contribution in [2.75, 3.05) is 0 Å². The summed E-state index contributed by atoms with van der Waals surface area (Å²) in [7, 11) is 0. The van der Waals surface area contributed by atoms with Gasteiger partial charge in [0.15, 0.2) is 0 Å². The summed E-state index contributed by atoms with van der Waals surface area (Å²) in [4.78, 5) is 26.8. The minimum atomic E-state index is -0.0561. The summed E-state index contributed by atoms with van der Waals surface area (Å²) >= 11 is 0. The van der Waals surface area contributed by atoms with Crippen LogP contribution in [0.4, 0.5) is 0 Å². The van der Waals surface area contributed by atoms with E-state index in [0.717, 1.165) is 42.4 Å². The molecular weight excluding hydrogens is 286 g/mol. The third-order valence-electron chi connectivity index (χ3n) is 5.95. The average Bonchev–Trinajstić information content (AvgIpc) is 2.80. The van der Waals surface area contributed by atoms with Gasteiger partial charge in [-0.05, 0) is 93.7 Å². The van der Waals surface area contributed by atoms with E-state index in [1.54, 1.807) is 0 Å². The zero-order chi connectivity index (χ0) is 16.9. The lowest BCUT2D eigenvalue weighted by Crippen LogP contribution is -2.32. The highest BCUT2D eigenvalue weighted by molar-refractivity contribution is 6.19. The summed E-state index contributed by atoms with van der Waals surface area (Å²) in [5.41, 5.74) is 8.92. The highest BCUT2D eigenvalue weighted by Gasteiger charge is 2.39. The van der Waals surface area contributed by atoms with E-state index in [1.807, 2.05) is 0 Å². The Morgan fingerprint density at radius 1 is 0.696 bits per heavy atom. The van der Waals surface area contributed by atoms with E-state index in [-0.39, 0.29) is 11.8 Å². The van der Waals surface area contributed by atoms with Crippen LogP contribution in [0.1, 0.15) is 59.1 Å². The van der Waals surface area contributed by atoms with Gasteiger partial charge in [-0.1, -0.05) is 0 Å². The number of amides is 2. The average molecular weight is 311 g/mol. The number of carbonyl (C=O) groups is 2. The molecule has 0 aromatic heterocycles. The summed E-state index contributed by atoms with van der Waals surface area (Å²) < 4.78 is 0. The Morgan fingerprint density at radius 2 is 1.09 bits per heavy atom. The van der Waals surface area contributed by atoms with Gasteiger partial charge in [0.1, 0.15) is 0 Å². The number of carbonyl (C=O) groups excluding carboxylic acids is 2. The molecule has 0 saturated carbocycles. The molecule has 1 aliphatic heterocycles. The molecule has 0 spiro atoms. The molecule has 23 heavy (non-hydrogen) atoms. The Labute approximate surface area is 138 Å². The quantitative estimate of drug-likeness (QED) is 0.775. The Morgan fingerprint density at radius 3 is 1.52 bits per heavy atom. The molecule has 1 aromatic carbocycles. The third kappa shape index (κ3) is 2.34. The van der Waals surface area contributed by atoms with Crippen LogP contribution in [-0.2, 0) is 16.1 Å². The highest BCUT2D eigenvalue weighted by atomic mass is 16.2. The highest BCUT2D eigenvalue weighted by Crippen LogP contribution is 2.35. The van der Waals surface area contributed by atoms with Crippen molar-refractivity contribution >= 4 is 11.8 Å². The van der Waals surface area contributed by atoms with Crippen LogP contribution >= 0.6 is 0 Å². The summed E-state index contributed by atoms with van der Waals surface area (Å²) in [5.74, 6) is -0.112. The van der Waals surface area contributed by atoms with Gasteiger partial charge in [0.25, 0.3) is 11.8 Å². The van der Waals surface area contributed by atoms with Crippen LogP contribution < -0.4 is 0 Å². The molecule has 0 unspecified atom stereocenters. The monoisotopic (exact) mass is 311 g/mol. The molecule has 0 radical (unpaired) electrons. The Bertz CT molecular complexity index is 698. The second-order valence-electron chi connectivity index (χ2n) is 6.96. The van der Waals surface area contributed by atoms with Gasteiger partial charge in [-0.2, -0.15) is 0 Å². The van der Waals surface area contributed by atoms with Crippen LogP contribution in [0.15, 0.2) is 11.1 Å². The van der Waals surface area contributed by atoms with Gasteiger partial charge in [0.05, 0.1) is 6.54 Å². The van der Waals surface area contributed by atoms with Crippen molar-refractivity contribution < 1.29 is 9.59 Å². The smallest absolute Gasteiger partial charge is 0.257 e. The van der Waals surface area contributed by atoms with Gasteiger partial charge in [0, 0.05) is 11.1 Å². The fraction of sp³-hybridized carbons (Fsp3) is 0.500. The molecule has 3 rings (SSSR count). The number of hydrogen-bond acceptors (Lipinski definition) is 2. The predicted octanol–water partition coefficient (Wildman–Crippen LogP) is 3.97. The van der Waals surface area contributed by atoms with Crippen LogP contribution in [0.3, 0.4) is 0 Å². The molecule has 122 valence electrons. The number of imide groups is 1. The first kappa shape index (κ1) is 16.0. The third-order valence-corrected chi connectivity index (χ3v) is 5.95. The van der Waals surface area contributed by atoms with Crippen molar-refractivity contribution in [3.63, 3.8) is 0 Å². The lowest BCUT2D eigenvalue weighted by atomic mass is 9.89. The summed E-state index contributed by atoms with van der Waals surface area (Å²) in [5, 5.41) is 0. The maximum atomic E-state index is 12.7. The van der Waals surface area contributed by atoms with E-state index in [4.69, 9.17) is 0 Å². The molecule has 0 bridgehead atoms. The van der Waals surface area contributed by atoms with Crippen LogP contribution in [0, 0.1) is 34.6 Å². The number of hydrogen-bond donors (Lipinski definition) is 0. The molecule has 2 aliphatic rings. The summed E-state index contributed by atoms with van der Waals surface area (Å²) in [6.45, 7) is 11.0. The van der Waals surface area contributed by atoms with Gasteiger partial charge < -0.3 is 0 Å². The molecular formula is C20H25NO2. The lowest BCUT2D eigenvalue weighted by Gasteiger charge is -2.22. The second-order valence-corrected chi connectivity index (χ2v) is 6.96. The topological polar surface area (TPSA) is 37.4 Å². The molecule has 1 aromatic rings. The van der Waals surface area contributed by atoms with Gasteiger partial charge in [-0.25, -0.2) is 0 Å². The van der Waals surface area contributed by atoms with Crippen LogP contribution in [0.2, 0.25) is 0 Å². The van der Waals surface area contributed by atoms with Gasteiger partial charge in [-0.3, -0.25) is 14.5 Å². The molecule has 2 amide bonds. The zero-order valence-corrected chi connectivity index (χ0v) is 14.8. The van der Waals surface area contributed by atoms with Crippen molar-refractivity contribution in [3.05, 3.63) is 44.5 Å². The molecule has 0 N–H and O–H groups in total. The van der Waals surface area contributed by atoms with Gasteiger partial charge in [-0.15, -0.1) is 0 Å². The van der Waals surface area contributed by atoms with Crippen LogP contribution in [0.5, 0.6) is 0 Å². The second kappa shape index (κ2) is 5.63. The number of rotatable bonds is 2. The normalized spacial score (nSPS) is 18.0. The molecule has 0 fully saturated rings. The lowest BCUT2D eigenvalue weighted by molar-refractivity contribution is -0.138. The molecule has 3 heteroatoms. The molecule has 3 nitrogen and oxygen atoms in total. The van der Waals surface area contributed by atoms with E-state index in [0.29, 0.717) is 6.54 Å². The minimum Gasteiger partial charge on any atom is -0.270 e. The van der Waals surface area contributed by atoms with E-state index >= 15 is 0 Å². The zero-order valence-electron chi connectivity index (χ0n) is 14.8. The van der Waals surface area contributed by atoms with Crippen molar-refractivity contribution in [2.24, 2.45) is 0 Å². The molecule has 1 aliphatic carbocycles. The predicted molar refractivity (Wildman–Crippen MR) is 91.2 cm³/mol. The van der Waals surface area contributed by atoms with E-state index in [1.165, 1.54) is 32.7 Å². The molecule has 1 heterocycles. The van der Waals surface area contributed by atoms with Crippen molar-refractivity contribution in [1.82, 2.24) is 4.90 Å². The SMILES string of the molecule is Cc1c(C)c(C)c(CN2C(=O)C3=C(CCCC3)C2=O)c(C)c1C. The number of benzene rings is 1. The molecule has 0 saturated heterocycles. The van der Waals surface area contributed by atoms with E-state index < -0.39 is 0 Å². The van der Waals surface area contributed by atoms with E-state index in [9.17, 15) is 9.59 Å². The Kier molecular flexibility index (Phi) is 3.91. The minimum absolute atomic E-state index is 0.0561. The van der Waals surface area contributed by atoms with Crippen molar-refractivity contribution in [3.8, 4) is 0 Å². The van der Waals surface area contributed by atoms with Gasteiger partial charge >= 0.3 is 0 Å². The fourth-order valence-electron chi connectivity index (χ4n) is 3.91. The van der Waals surface area contributed by atoms with Crippen LogP contribution in [-0.4, -0.2) is 16.7 Å². The van der Waals surface area contributed by atoms with Gasteiger partial charge in [0.2, 0.25) is 0 Å². The van der Waals surface area contributed by atoms with E-state index in [2.05, 4.69) is 34.6 Å².